The summed E-state index contributed by atoms with van der Waals surface area (Å²) in [7, 11) is 0. The number of anilines is 1. The highest BCUT2D eigenvalue weighted by atomic mass is 14.9. The Morgan fingerprint density at radius 1 is 0.655 bits per heavy atom. The van der Waals surface area contributed by atoms with Crippen LogP contribution < -0.4 is 5.73 Å². The van der Waals surface area contributed by atoms with E-state index in [0.29, 0.717) is 11.6 Å². The predicted octanol–water partition coefficient (Wildman–Crippen LogP) is 5.61. The fourth-order valence-electron chi connectivity index (χ4n) is 3.54. The third-order valence-corrected chi connectivity index (χ3v) is 4.95. The molecule has 0 amide bonds. The Morgan fingerprint density at radius 3 is 2.28 bits per heavy atom. The number of nitrogens with zero attached hydrogens (tertiary/aromatic N) is 3. The van der Waals surface area contributed by atoms with Gasteiger partial charge in [-0.1, -0.05) is 66.7 Å². The maximum Gasteiger partial charge on any atom is 0.163 e. The van der Waals surface area contributed by atoms with Gasteiger partial charge in [-0.2, -0.15) is 0 Å². The summed E-state index contributed by atoms with van der Waals surface area (Å²) >= 11 is 0. The third kappa shape index (κ3) is 3.32. The highest BCUT2D eigenvalue weighted by Gasteiger charge is 2.09. The SMILES string of the molecule is Nc1cc(-c2ccc(-c3cccc4ccccc34)cc2)nc(-c2cccnc2)n1. The second kappa shape index (κ2) is 7.17. The van der Waals surface area contributed by atoms with E-state index in [1.807, 2.05) is 12.1 Å². The van der Waals surface area contributed by atoms with E-state index in [-0.39, 0.29) is 0 Å². The minimum Gasteiger partial charge on any atom is -0.384 e. The van der Waals surface area contributed by atoms with Gasteiger partial charge in [0.05, 0.1) is 5.69 Å². The maximum absolute atomic E-state index is 6.05. The second-order valence-electron chi connectivity index (χ2n) is 6.85. The van der Waals surface area contributed by atoms with Crippen LogP contribution in [0.4, 0.5) is 5.82 Å². The van der Waals surface area contributed by atoms with Gasteiger partial charge in [0, 0.05) is 29.6 Å². The van der Waals surface area contributed by atoms with Gasteiger partial charge in [-0.05, 0) is 34.0 Å². The molecule has 138 valence electrons. The van der Waals surface area contributed by atoms with E-state index in [2.05, 4.69) is 76.7 Å². The van der Waals surface area contributed by atoms with Crippen LogP contribution in [0.15, 0.2) is 97.3 Å². The Balaban J connectivity index is 1.55. The molecule has 4 heteroatoms. The molecule has 0 saturated heterocycles. The zero-order chi connectivity index (χ0) is 19.6. The van der Waals surface area contributed by atoms with E-state index in [1.165, 1.54) is 21.9 Å². The van der Waals surface area contributed by atoms with Gasteiger partial charge in [0.25, 0.3) is 0 Å². The molecule has 0 saturated carbocycles. The third-order valence-electron chi connectivity index (χ3n) is 4.95. The van der Waals surface area contributed by atoms with Crippen molar-refractivity contribution in [3.05, 3.63) is 97.3 Å². The van der Waals surface area contributed by atoms with Crippen molar-refractivity contribution in [1.82, 2.24) is 15.0 Å². The van der Waals surface area contributed by atoms with E-state index in [4.69, 9.17) is 10.7 Å². The molecule has 2 N–H and O–H groups in total. The summed E-state index contributed by atoms with van der Waals surface area (Å²) in [5.41, 5.74) is 11.1. The van der Waals surface area contributed by atoms with Crippen LogP contribution in [0.25, 0.3) is 44.5 Å². The van der Waals surface area contributed by atoms with Crippen molar-refractivity contribution in [2.75, 3.05) is 5.73 Å². The molecule has 0 bridgehead atoms. The minimum atomic E-state index is 0.437. The molecule has 0 fully saturated rings. The Kier molecular flexibility index (Phi) is 4.22. The first-order chi connectivity index (χ1) is 14.3. The number of benzene rings is 3. The van der Waals surface area contributed by atoms with Crippen LogP contribution in [-0.2, 0) is 0 Å². The number of rotatable bonds is 3. The maximum atomic E-state index is 6.05. The lowest BCUT2D eigenvalue weighted by Gasteiger charge is -2.09. The molecule has 0 aliphatic rings. The van der Waals surface area contributed by atoms with Crippen molar-refractivity contribution >= 4 is 16.6 Å². The summed E-state index contributed by atoms with van der Waals surface area (Å²) in [6.07, 6.45) is 3.46. The number of nitrogen functional groups attached to an aromatic ring is 1. The number of nitrogens with two attached hydrogens (primary N) is 1. The lowest BCUT2D eigenvalue weighted by atomic mass is 9.97. The van der Waals surface area contributed by atoms with Crippen molar-refractivity contribution in [2.24, 2.45) is 0 Å². The number of hydrogen-bond acceptors (Lipinski definition) is 4. The molecule has 0 unspecified atom stereocenters. The van der Waals surface area contributed by atoms with Gasteiger partial charge >= 0.3 is 0 Å². The van der Waals surface area contributed by atoms with E-state index < -0.39 is 0 Å². The average molecular weight is 374 g/mol. The van der Waals surface area contributed by atoms with Crippen LogP contribution in [0, 0.1) is 0 Å². The van der Waals surface area contributed by atoms with Gasteiger partial charge in [-0.25, -0.2) is 9.97 Å². The van der Waals surface area contributed by atoms with Crippen molar-refractivity contribution in [1.29, 1.82) is 0 Å². The molecule has 0 radical (unpaired) electrons. The molecule has 0 spiro atoms. The molecule has 3 aromatic carbocycles. The monoisotopic (exact) mass is 374 g/mol. The standard InChI is InChI=1S/C25H18N4/c26-24-15-23(28-25(29-24)20-7-4-14-27-16-20)19-12-10-18(11-13-19)22-9-3-6-17-5-1-2-8-21(17)22/h1-16H,(H2,26,28,29). The van der Waals surface area contributed by atoms with Crippen LogP contribution in [0.3, 0.4) is 0 Å². The van der Waals surface area contributed by atoms with E-state index in [9.17, 15) is 0 Å². The molecular weight excluding hydrogens is 356 g/mol. The molecule has 2 aromatic heterocycles. The smallest absolute Gasteiger partial charge is 0.163 e. The van der Waals surface area contributed by atoms with Gasteiger partial charge in [0.1, 0.15) is 5.82 Å². The molecule has 4 nitrogen and oxygen atoms in total. The van der Waals surface area contributed by atoms with Gasteiger partial charge in [0.15, 0.2) is 5.82 Å². The topological polar surface area (TPSA) is 64.7 Å². The quantitative estimate of drug-likeness (QED) is 0.446. The van der Waals surface area contributed by atoms with Gasteiger partial charge in [0.2, 0.25) is 0 Å². The van der Waals surface area contributed by atoms with Gasteiger partial charge in [-0.3, -0.25) is 4.98 Å². The number of fused-ring (bicyclic) bond motifs is 1. The summed E-state index contributed by atoms with van der Waals surface area (Å²) in [4.78, 5) is 13.2. The predicted molar refractivity (Wildman–Crippen MR) is 118 cm³/mol. The number of aromatic nitrogens is 3. The van der Waals surface area contributed by atoms with Crippen molar-refractivity contribution in [2.45, 2.75) is 0 Å². The fourth-order valence-corrected chi connectivity index (χ4v) is 3.54. The molecule has 5 aromatic rings. The number of hydrogen-bond donors (Lipinski definition) is 1. The average Bonchev–Trinajstić information content (AvgIpc) is 2.79. The zero-order valence-electron chi connectivity index (χ0n) is 15.7. The summed E-state index contributed by atoms with van der Waals surface area (Å²) < 4.78 is 0. The largest absolute Gasteiger partial charge is 0.384 e. The molecular formula is C25H18N4. The lowest BCUT2D eigenvalue weighted by molar-refractivity contribution is 1.17. The molecule has 2 heterocycles. The molecule has 29 heavy (non-hydrogen) atoms. The van der Waals surface area contributed by atoms with Crippen LogP contribution in [-0.4, -0.2) is 15.0 Å². The Labute approximate surface area is 168 Å². The second-order valence-corrected chi connectivity index (χ2v) is 6.85. The lowest BCUT2D eigenvalue weighted by Crippen LogP contribution is -1.98. The molecule has 5 rings (SSSR count). The molecule has 0 aliphatic heterocycles. The first-order valence-corrected chi connectivity index (χ1v) is 9.41. The first kappa shape index (κ1) is 17.1. The Hall–Kier alpha value is -4.05. The van der Waals surface area contributed by atoms with Crippen LogP contribution in [0.1, 0.15) is 0 Å². The van der Waals surface area contributed by atoms with Gasteiger partial charge < -0.3 is 5.73 Å². The van der Waals surface area contributed by atoms with E-state index in [0.717, 1.165) is 16.8 Å². The highest BCUT2D eigenvalue weighted by molar-refractivity contribution is 5.96. The first-order valence-electron chi connectivity index (χ1n) is 9.41. The van der Waals surface area contributed by atoms with Crippen molar-refractivity contribution in [3.63, 3.8) is 0 Å². The highest BCUT2D eigenvalue weighted by Crippen LogP contribution is 2.30. The van der Waals surface area contributed by atoms with Gasteiger partial charge in [-0.15, -0.1) is 0 Å². The van der Waals surface area contributed by atoms with Crippen LogP contribution >= 0.6 is 0 Å². The normalized spacial score (nSPS) is 10.9. The minimum absolute atomic E-state index is 0.437. The summed E-state index contributed by atoms with van der Waals surface area (Å²) in [6.45, 7) is 0. The fraction of sp³-hybridized carbons (Fsp3) is 0. The summed E-state index contributed by atoms with van der Waals surface area (Å²) in [5, 5.41) is 2.48. The zero-order valence-corrected chi connectivity index (χ0v) is 15.7. The van der Waals surface area contributed by atoms with E-state index >= 15 is 0 Å². The Bertz CT molecular complexity index is 1290. The van der Waals surface area contributed by atoms with Crippen LogP contribution in [0.2, 0.25) is 0 Å². The summed E-state index contributed by atoms with van der Waals surface area (Å²) in [5.74, 6) is 1.01. The summed E-state index contributed by atoms with van der Waals surface area (Å²) in [6, 6.07) is 28.8. The van der Waals surface area contributed by atoms with E-state index in [1.54, 1.807) is 18.5 Å². The Morgan fingerprint density at radius 2 is 1.45 bits per heavy atom. The molecule has 0 aliphatic carbocycles. The van der Waals surface area contributed by atoms with Crippen LogP contribution in [0.5, 0.6) is 0 Å². The van der Waals surface area contributed by atoms with Crippen molar-refractivity contribution in [3.8, 4) is 33.8 Å². The number of pyridine rings is 1. The molecule has 0 atom stereocenters. The van der Waals surface area contributed by atoms with Crippen molar-refractivity contribution < 1.29 is 0 Å².